The molecule has 17 heavy (non-hydrogen) atoms. The summed E-state index contributed by atoms with van der Waals surface area (Å²) in [5, 5.41) is 6.98. The van der Waals surface area contributed by atoms with Crippen LogP contribution in [-0.4, -0.2) is 17.6 Å². The molecule has 0 aromatic carbocycles. The maximum absolute atomic E-state index is 4.32. The molecule has 0 amide bonds. The zero-order valence-electron chi connectivity index (χ0n) is 10.3. The van der Waals surface area contributed by atoms with E-state index in [0.717, 1.165) is 30.7 Å². The van der Waals surface area contributed by atoms with Crippen molar-refractivity contribution < 1.29 is 0 Å². The van der Waals surface area contributed by atoms with Gasteiger partial charge in [0.15, 0.2) is 0 Å². The maximum atomic E-state index is 4.32. The second-order valence-electron chi connectivity index (χ2n) is 5.36. The molecule has 3 heteroatoms. The van der Waals surface area contributed by atoms with Gasteiger partial charge in [-0.25, -0.2) is 4.98 Å². The van der Waals surface area contributed by atoms with Crippen LogP contribution < -0.4 is 5.32 Å². The molecule has 92 valence electrons. The van der Waals surface area contributed by atoms with E-state index in [4.69, 9.17) is 0 Å². The smallest absolute Gasteiger partial charge is 0.0937 e. The Bertz CT molecular complexity index is 385. The first-order valence-corrected chi connectivity index (χ1v) is 7.51. The van der Waals surface area contributed by atoms with Crippen LogP contribution in [0.3, 0.4) is 0 Å². The number of hydrogen-bond acceptors (Lipinski definition) is 3. The van der Waals surface area contributed by atoms with Crippen LogP contribution in [0.2, 0.25) is 0 Å². The molecule has 2 bridgehead atoms. The average Bonchev–Trinajstić information content (AvgIpc) is 3.05. The molecule has 1 heterocycles. The van der Waals surface area contributed by atoms with E-state index >= 15 is 0 Å². The number of fused-ring (bicyclic) bond motifs is 2. The highest BCUT2D eigenvalue weighted by atomic mass is 32.1. The van der Waals surface area contributed by atoms with Crippen molar-refractivity contribution in [1.82, 2.24) is 10.3 Å². The fourth-order valence-electron chi connectivity index (χ4n) is 3.33. The molecular formula is C14H20N2S. The number of aromatic nitrogens is 1. The van der Waals surface area contributed by atoms with Gasteiger partial charge in [0.25, 0.3) is 0 Å². The van der Waals surface area contributed by atoms with Crippen molar-refractivity contribution in [3.05, 3.63) is 28.7 Å². The zero-order valence-corrected chi connectivity index (χ0v) is 11.1. The van der Waals surface area contributed by atoms with Crippen molar-refractivity contribution in [2.45, 2.75) is 32.2 Å². The van der Waals surface area contributed by atoms with Gasteiger partial charge in [0.1, 0.15) is 0 Å². The Labute approximate surface area is 107 Å². The lowest BCUT2D eigenvalue weighted by Crippen LogP contribution is -2.36. The largest absolute Gasteiger partial charge is 0.314 e. The minimum atomic E-state index is 0.648. The zero-order chi connectivity index (χ0) is 11.7. The molecule has 0 aliphatic heterocycles. The standard InChI is InChI=1S/C14H20N2S/c1-10(13-9-11-2-3-12(13)8-11)15-5-4-14-16-6-7-17-14/h2-3,6-7,10-13,15H,4-5,8-9H2,1H3. The number of allylic oxidation sites excluding steroid dienone is 2. The van der Waals surface area contributed by atoms with Crippen LogP contribution in [-0.2, 0) is 6.42 Å². The summed E-state index contributed by atoms with van der Waals surface area (Å²) in [6, 6.07) is 0.648. The minimum absolute atomic E-state index is 0.648. The van der Waals surface area contributed by atoms with Crippen LogP contribution in [0.15, 0.2) is 23.7 Å². The fourth-order valence-corrected chi connectivity index (χ4v) is 3.95. The predicted octanol–water partition coefficient (Wildman–Crippen LogP) is 2.88. The van der Waals surface area contributed by atoms with E-state index in [9.17, 15) is 0 Å². The summed E-state index contributed by atoms with van der Waals surface area (Å²) < 4.78 is 0. The van der Waals surface area contributed by atoms with Gasteiger partial charge < -0.3 is 5.32 Å². The van der Waals surface area contributed by atoms with E-state index in [1.807, 2.05) is 6.20 Å². The number of thiazole rings is 1. The first-order chi connectivity index (χ1) is 8.33. The molecular weight excluding hydrogens is 228 g/mol. The number of hydrogen-bond donors (Lipinski definition) is 1. The molecule has 4 unspecified atom stereocenters. The lowest BCUT2D eigenvalue weighted by molar-refractivity contribution is 0.329. The SMILES string of the molecule is CC(NCCc1nccs1)C1CC2C=CC1C2. The topological polar surface area (TPSA) is 24.9 Å². The van der Waals surface area contributed by atoms with Crippen LogP contribution >= 0.6 is 11.3 Å². The van der Waals surface area contributed by atoms with Crippen LogP contribution in [0.5, 0.6) is 0 Å². The second-order valence-corrected chi connectivity index (χ2v) is 6.34. The van der Waals surface area contributed by atoms with Crippen LogP contribution in [0.4, 0.5) is 0 Å². The molecule has 0 radical (unpaired) electrons. The molecule has 1 fully saturated rings. The van der Waals surface area contributed by atoms with Gasteiger partial charge >= 0.3 is 0 Å². The number of rotatable bonds is 5. The molecule has 3 rings (SSSR count). The van der Waals surface area contributed by atoms with Crippen LogP contribution in [0.1, 0.15) is 24.8 Å². The van der Waals surface area contributed by atoms with Crippen molar-refractivity contribution in [2.24, 2.45) is 17.8 Å². The van der Waals surface area contributed by atoms with E-state index < -0.39 is 0 Å². The van der Waals surface area contributed by atoms with E-state index in [2.05, 4.69) is 34.8 Å². The normalized spacial score (nSPS) is 32.2. The fraction of sp³-hybridized carbons (Fsp3) is 0.643. The van der Waals surface area contributed by atoms with Gasteiger partial charge in [-0.15, -0.1) is 11.3 Å². The van der Waals surface area contributed by atoms with E-state index in [-0.39, 0.29) is 0 Å². The van der Waals surface area contributed by atoms with Crippen LogP contribution in [0.25, 0.3) is 0 Å². The molecule has 1 N–H and O–H groups in total. The Balaban J connectivity index is 1.45. The van der Waals surface area contributed by atoms with Gasteiger partial charge in [0, 0.05) is 30.6 Å². The van der Waals surface area contributed by atoms with Gasteiger partial charge in [0.05, 0.1) is 5.01 Å². The Morgan fingerprint density at radius 1 is 1.47 bits per heavy atom. The molecule has 4 atom stereocenters. The third-order valence-electron chi connectivity index (χ3n) is 4.26. The molecule has 1 saturated carbocycles. The molecule has 0 spiro atoms. The van der Waals surface area contributed by atoms with Crippen molar-refractivity contribution in [3.63, 3.8) is 0 Å². The molecule has 2 aliphatic rings. The molecule has 0 saturated heterocycles. The third-order valence-corrected chi connectivity index (χ3v) is 5.10. The summed E-state index contributed by atoms with van der Waals surface area (Å²) in [6.07, 6.45) is 10.6. The monoisotopic (exact) mass is 248 g/mol. The highest BCUT2D eigenvalue weighted by Gasteiger charge is 2.38. The van der Waals surface area contributed by atoms with Crippen LogP contribution in [0, 0.1) is 17.8 Å². The third kappa shape index (κ3) is 2.45. The molecule has 2 nitrogen and oxygen atoms in total. The summed E-state index contributed by atoms with van der Waals surface area (Å²) in [6.45, 7) is 3.41. The first kappa shape index (κ1) is 11.4. The Morgan fingerprint density at radius 3 is 3.06 bits per heavy atom. The second kappa shape index (κ2) is 4.91. The summed E-state index contributed by atoms with van der Waals surface area (Å²) in [4.78, 5) is 4.32. The number of nitrogens with one attached hydrogen (secondary N) is 1. The number of nitrogens with zero attached hydrogens (tertiary/aromatic N) is 1. The van der Waals surface area contributed by atoms with E-state index in [0.29, 0.717) is 6.04 Å². The van der Waals surface area contributed by atoms with Crippen molar-refractivity contribution in [2.75, 3.05) is 6.54 Å². The van der Waals surface area contributed by atoms with Crippen molar-refractivity contribution in [1.29, 1.82) is 0 Å². The van der Waals surface area contributed by atoms with Crippen molar-refractivity contribution in [3.8, 4) is 0 Å². The Morgan fingerprint density at radius 2 is 2.41 bits per heavy atom. The first-order valence-electron chi connectivity index (χ1n) is 6.63. The highest BCUT2D eigenvalue weighted by molar-refractivity contribution is 7.09. The lowest BCUT2D eigenvalue weighted by Gasteiger charge is -2.26. The molecule has 1 aromatic rings. The molecule has 1 aromatic heterocycles. The highest BCUT2D eigenvalue weighted by Crippen LogP contribution is 2.44. The van der Waals surface area contributed by atoms with Gasteiger partial charge in [-0.05, 0) is 37.5 Å². The van der Waals surface area contributed by atoms with E-state index in [1.165, 1.54) is 17.8 Å². The van der Waals surface area contributed by atoms with Gasteiger partial charge in [0.2, 0.25) is 0 Å². The molecule has 2 aliphatic carbocycles. The summed E-state index contributed by atoms with van der Waals surface area (Å²) in [7, 11) is 0. The lowest BCUT2D eigenvalue weighted by atomic mass is 9.87. The van der Waals surface area contributed by atoms with Gasteiger partial charge in [-0.1, -0.05) is 12.2 Å². The quantitative estimate of drug-likeness (QED) is 0.811. The summed E-state index contributed by atoms with van der Waals surface area (Å²) in [5.74, 6) is 2.59. The Kier molecular flexibility index (Phi) is 3.30. The Hall–Kier alpha value is -0.670. The van der Waals surface area contributed by atoms with E-state index in [1.54, 1.807) is 11.3 Å². The van der Waals surface area contributed by atoms with Gasteiger partial charge in [-0.3, -0.25) is 0 Å². The average molecular weight is 248 g/mol. The predicted molar refractivity (Wildman–Crippen MR) is 72.1 cm³/mol. The maximum Gasteiger partial charge on any atom is 0.0937 e. The van der Waals surface area contributed by atoms with Crippen molar-refractivity contribution >= 4 is 11.3 Å². The van der Waals surface area contributed by atoms with Gasteiger partial charge in [-0.2, -0.15) is 0 Å². The summed E-state index contributed by atoms with van der Waals surface area (Å²) >= 11 is 1.76. The summed E-state index contributed by atoms with van der Waals surface area (Å²) in [5.41, 5.74) is 0. The minimum Gasteiger partial charge on any atom is -0.314 e.